The van der Waals surface area contributed by atoms with Crippen molar-refractivity contribution in [3.05, 3.63) is 60.8 Å². The van der Waals surface area contributed by atoms with E-state index in [1.165, 1.54) is 289 Å². The number of unbranched alkanes of at least 4 members (excludes halogenated alkanes) is 49. The zero-order valence-electron chi connectivity index (χ0n) is 60.4. The fraction of sp³-hybridized carbons (Fsp3) is 0.850. The summed E-state index contributed by atoms with van der Waals surface area (Å²) >= 11 is 0. The summed E-state index contributed by atoms with van der Waals surface area (Å²) in [7, 11) is 1.50. The van der Waals surface area contributed by atoms with E-state index in [0.29, 0.717) is 23.9 Å². The van der Waals surface area contributed by atoms with Crippen LogP contribution < -0.4 is 0 Å². The Labute approximate surface area is 559 Å². The van der Waals surface area contributed by atoms with Crippen LogP contribution in [0, 0.1) is 0 Å². The van der Waals surface area contributed by atoms with E-state index in [0.717, 1.165) is 64.2 Å². The molecule has 0 fully saturated rings. The monoisotopic (exact) mass is 1290 g/mol. The number of phosphoric ester groups is 1. The van der Waals surface area contributed by atoms with Crippen molar-refractivity contribution in [1.29, 1.82) is 0 Å². The molecule has 0 saturated carbocycles. The number of esters is 2. The second kappa shape index (κ2) is 71.0. The summed E-state index contributed by atoms with van der Waals surface area (Å²) in [4.78, 5) is 36.0. The Hall–Kier alpha value is -2.29. The molecule has 0 radical (unpaired) electrons. The van der Waals surface area contributed by atoms with E-state index in [1.54, 1.807) is 0 Å². The third kappa shape index (κ3) is 74.7. The molecule has 90 heavy (non-hydrogen) atoms. The fourth-order valence-corrected chi connectivity index (χ4v) is 12.4. The number of likely N-dealkylation sites (N-methyl/N-ethyl adjacent to an activating group) is 1. The number of rotatable bonds is 73. The molecule has 0 aliphatic rings. The Morgan fingerprint density at radius 2 is 0.633 bits per heavy atom. The van der Waals surface area contributed by atoms with Gasteiger partial charge in [-0.3, -0.25) is 18.6 Å². The minimum Gasteiger partial charge on any atom is -0.462 e. The smallest absolute Gasteiger partial charge is 0.462 e. The second-order valence-corrected chi connectivity index (χ2v) is 29.2. The van der Waals surface area contributed by atoms with Gasteiger partial charge in [-0.1, -0.05) is 376 Å². The van der Waals surface area contributed by atoms with Crippen LogP contribution >= 0.6 is 7.82 Å². The van der Waals surface area contributed by atoms with Crippen molar-refractivity contribution in [3.8, 4) is 0 Å². The predicted octanol–water partition coefficient (Wildman–Crippen LogP) is 25.7. The number of quaternary nitrogens is 1. The molecule has 0 aliphatic carbocycles. The molecule has 0 aliphatic heterocycles. The number of hydrogen-bond acceptors (Lipinski definition) is 7. The van der Waals surface area contributed by atoms with Gasteiger partial charge in [-0.2, -0.15) is 0 Å². The highest BCUT2D eigenvalue weighted by Gasteiger charge is 2.27. The van der Waals surface area contributed by atoms with E-state index in [4.69, 9.17) is 18.5 Å². The maximum Gasteiger partial charge on any atom is 0.472 e. The average molecular weight is 1290 g/mol. The maximum atomic E-state index is 12.9. The van der Waals surface area contributed by atoms with Gasteiger partial charge in [0, 0.05) is 12.8 Å². The number of nitrogens with zero attached hydrogens (tertiary/aromatic N) is 1. The van der Waals surface area contributed by atoms with E-state index >= 15 is 0 Å². The van der Waals surface area contributed by atoms with Gasteiger partial charge in [-0.25, -0.2) is 4.57 Å². The summed E-state index contributed by atoms with van der Waals surface area (Å²) in [5.41, 5.74) is 0. The first kappa shape index (κ1) is 87.7. The predicted molar refractivity (Wildman–Crippen MR) is 390 cm³/mol. The van der Waals surface area contributed by atoms with Crippen LogP contribution in [0.5, 0.6) is 0 Å². The Balaban J connectivity index is 3.91. The summed E-state index contributed by atoms with van der Waals surface area (Å²) in [6.45, 7) is 4.40. The molecule has 1 N–H and O–H groups in total. The van der Waals surface area contributed by atoms with Crippen molar-refractivity contribution < 1.29 is 42.1 Å². The summed E-state index contributed by atoms with van der Waals surface area (Å²) in [6, 6.07) is 0. The topological polar surface area (TPSA) is 108 Å². The molecule has 0 aromatic rings. The zero-order valence-corrected chi connectivity index (χ0v) is 61.3. The third-order valence-electron chi connectivity index (χ3n) is 17.6. The van der Waals surface area contributed by atoms with Gasteiger partial charge in [-0.15, -0.1) is 0 Å². The largest absolute Gasteiger partial charge is 0.472 e. The van der Waals surface area contributed by atoms with Gasteiger partial charge in [0.2, 0.25) is 0 Å². The molecular weight excluding hydrogens is 1130 g/mol. The number of allylic oxidation sites excluding steroid dienone is 10. The molecule has 2 atom stereocenters. The summed E-state index contributed by atoms with van der Waals surface area (Å²) in [6.07, 6.45) is 95.1. The van der Waals surface area contributed by atoms with E-state index in [-0.39, 0.29) is 25.6 Å². The van der Waals surface area contributed by atoms with Gasteiger partial charge in [-0.05, 0) is 57.8 Å². The minimum absolute atomic E-state index is 0.0347. The molecule has 528 valence electrons. The number of ether oxygens (including phenoxy) is 2. The maximum absolute atomic E-state index is 12.9. The first-order valence-corrected chi connectivity index (χ1v) is 40.5. The molecule has 0 aromatic carbocycles. The first-order valence-electron chi connectivity index (χ1n) is 39.0. The van der Waals surface area contributed by atoms with Gasteiger partial charge >= 0.3 is 19.8 Å². The van der Waals surface area contributed by atoms with Gasteiger partial charge in [0.05, 0.1) is 27.7 Å². The quantitative estimate of drug-likeness (QED) is 0.0211. The molecule has 2 unspecified atom stereocenters. The minimum atomic E-state index is -4.39. The van der Waals surface area contributed by atoms with Crippen molar-refractivity contribution >= 4 is 19.8 Å². The van der Waals surface area contributed by atoms with Crippen molar-refractivity contribution in [1.82, 2.24) is 0 Å². The SMILES string of the molecule is CC/C=C\C/C=C\C/C=C\C/C=C\C/C=C\CCCCCCCCCCCCCCCCCCCCCCCCCC(=O)OC(COC(=O)CCCCCCCCCCCCCCCCCCCCCCCCCCCCC)COP(=O)(O)OCC[N+](C)(C)C. The Morgan fingerprint density at radius 1 is 0.356 bits per heavy atom. The van der Waals surface area contributed by atoms with Crippen LogP contribution in [-0.4, -0.2) is 74.9 Å². The van der Waals surface area contributed by atoms with Crippen LogP contribution in [0.4, 0.5) is 0 Å². The number of carbonyl (C=O) groups is 2. The lowest BCUT2D eigenvalue weighted by atomic mass is 10.0. The Bertz CT molecular complexity index is 1700. The van der Waals surface area contributed by atoms with E-state index < -0.39 is 26.5 Å². The molecule has 0 bridgehead atoms. The summed E-state index contributed by atoms with van der Waals surface area (Å²) < 4.78 is 34.8. The molecule has 0 rings (SSSR count). The molecule has 9 nitrogen and oxygen atoms in total. The average Bonchev–Trinajstić information content (AvgIpc) is 3.58. The Morgan fingerprint density at radius 3 is 0.944 bits per heavy atom. The van der Waals surface area contributed by atoms with Crippen LogP contribution in [-0.2, 0) is 32.7 Å². The number of phosphoric acid groups is 1. The third-order valence-corrected chi connectivity index (χ3v) is 18.5. The van der Waals surface area contributed by atoms with Crippen molar-refractivity contribution in [2.45, 2.75) is 392 Å². The van der Waals surface area contributed by atoms with Crippen LogP contribution in [0.3, 0.4) is 0 Å². The molecule has 10 heteroatoms. The van der Waals surface area contributed by atoms with Crippen molar-refractivity contribution in [3.63, 3.8) is 0 Å². The van der Waals surface area contributed by atoms with Crippen molar-refractivity contribution in [2.24, 2.45) is 0 Å². The zero-order chi connectivity index (χ0) is 65.5. The molecule has 0 spiro atoms. The Kier molecular flexibility index (Phi) is 69.2. The van der Waals surface area contributed by atoms with Gasteiger partial charge in [0.1, 0.15) is 19.8 Å². The van der Waals surface area contributed by atoms with E-state index in [1.807, 2.05) is 21.1 Å². The number of hydrogen-bond donors (Lipinski definition) is 1. The fourth-order valence-electron chi connectivity index (χ4n) is 11.6. The molecule has 0 heterocycles. The van der Waals surface area contributed by atoms with Gasteiger partial charge in [0.15, 0.2) is 6.10 Å². The summed E-state index contributed by atoms with van der Waals surface area (Å²) in [5, 5.41) is 0. The molecule has 0 saturated heterocycles. The van der Waals surface area contributed by atoms with E-state index in [9.17, 15) is 19.0 Å². The highest BCUT2D eigenvalue weighted by molar-refractivity contribution is 7.47. The molecular formula is C80H151NO8P+. The van der Waals surface area contributed by atoms with Crippen LogP contribution in [0.1, 0.15) is 386 Å². The van der Waals surface area contributed by atoms with Gasteiger partial charge < -0.3 is 18.9 Å². The van der Waals surface area contributed by atoms with Gasteiger partial charge in [0.25, 0.3) is 0 Å². The first-order chi connectivity index (χ1) is 44.0. The lowest BCUT2D eigenvalue weighted by Crippen LogP contribution is -2.37. The highest BCUT2D eigenvalue weighted by Crippen LogP contribution is 2.43. The van der Waals surface area contributed by atoms with Crippen LogP contribution in [0.2, 0.25) is 0 Å². The van der Waals surface area contributed by atoms with Crippen molar-refractivity contribution in [2.75, 3.05) is 47.5 Å². The number of carbonyl (C=O) groups excluding carboxylic acids is 2. The molecule has 0 aromatic heterocycles. The highest BCUT2D eigenvalue weighted by atomic mass is 31.2. The van der Waals surface area contributed by atoms with Crippen LogP contribution in [0.25, 0.3) is 0 Å². The summed E-state index contributed by atoms with van der Waals surface area (Å²) in [5.74, 6) is -0.772. The molecule has 0 amide bonds. The second-order valence-electron chi connectivity index (χ2n) is 27.7. The van der Waals surface area contributed by atoms with Crippen LogP contribution in [0.15, 0.2) is 60.8 Å². The van der Waals surface area contributed by atoms with E-state index in [2.05, 4.69) is 74.6 Å². The lowest BCUT2D eigenvalue weighted by molar-refractivity contribution is -0.870. The normalized spacial score (nSPS) is 13.4. The standard InChI is InChI=1S/C80H150NO8P/c1-6-8-10-12-14-16-18-20-22-24-26-28-30-32-34-35-36-37-38-39-40-41-42-43-44-45-47-49-51-53-55-57-59-61-63-65-67-69-71-73-80(83)89-78(77-88-90(84,85)87-75-74-81(3,4)5)76-86-79(82)72-70-68-66-64-62-60-58-56-54-52-50-48-46-33-31-29-27-25-23-21-19-17-15-13-11-9-7-2/h8,10,14,16,20,22,26,28,32,34,78H,6-7,9,11-13,15,17-19,21,23-25,27,29-31,33,35-77H2,1-5H3/p+1/b10-8-,16-14-,22-20-,28-26-,34-32-. The lowest BCUT2D eigenvalue weighted by Gasteiger charge is -2.24.